The molecule has 2 aromatic rings. The first-order valence-corrected chi connectivity index (χ1v) is 6.48. The molecule has 0 fully saturated rings. The average Bonchev–Trinajstić information content (AvgIpc) is 2.34. The third-order valence-corrected chi connectivity index (χ3v) is 3.21. The van der Waals surface area contributed by atoms with Crippen LogP contribution >= 0.6 is 15.9 Å². The van der Waals surface area contributed by atoms with Crippen LogP contribution in [0.3, 0.4) is 0 Å². The summed E-state index contributed by atoms with van der Waals surface area (Å²) < 4.78 is 2.46. The fourth-order valence-electron chi connectivity index (χ4n) is 1.59. The Balaban J connectivity index is 1.97. The predicted octanol–water partition coefficient (Wildman–Crippen LogP) is 2.43. The molecule has 1 heterocycles. The molecular weight excluding hydrogens is 294 g/mol. The van der Waals surface area contributed by atoms with Crippen LogP contribution in [0, 0.1) is 6.92 Å². The quantitative estimate of drug-likeness (QED) is 0.943. The smallest absolute Gasteiger partial charge is 0.267 e. The number of rotatable bonds is 4. The molecule has 0 amide bonds. The second-order valence-corrected chi connectivity index (χ2v) is 4.86. The van der Waals surface area contributed by atoms with Crippen LogP contribution in [-0.2, 0) is 6.54 Å². The number of para-hydroxylation sites is 1. The van der Waals surface area contributed by atoms with E-state index in [2.05, 4.69) is 26.3 Å². The van der Waals surface area contributed by atoms with Gasteiger partial charge in [0.1, 0.15) is 0 Å². The molecule has 18 heavy (non-hydrogen) atoms. The van der Waals surface area contributed by atoms with Gasteiger partial charge in [-0.1, -0.05) is 12.1 Å². The van der Waals surface area contributed by atoms with Gasteiger partial charge in [0.15, 0.2) is 0 Å². The van der Waals surface area contributed by atoms with E-state index < -0.39 is 0 Å². The highest BCUT2D eigenvalue weighted by molar-refractivity contribution is 9.10. The molecule has 0 aliphatic rings. The summed E-state index contributed by atoms with van der Waals surface area (Å²) in [6, 6.07) is 9.46. The van der Waals surface area contributed by atoms with Crippen LogP contribution in [-0.4, -0.2) is 16.3 Å². The van der Waals surface area contributed by atoms with Crippen LogP contribution in [0.1, 0.15) is 5.56 Å². The molecule has 0 spiro atoms. The van der Waals surface area contributed by atoms with Gasteiger partial charge in [-0.2, -0.15) is 5.10 Å². The van der Waals surface area contributed by atoms with Crippen molar-refractivity contribution in [1.82, 2.24) is 9.78 Å². The molecule has 4 nitrogen and oxygen atoms in total. The zero-order valence-corrected chi connectivity index (χ0v) is 11.6. The summed E-state index contributed by atoms with van der Waals surface area (Å²) in [7, 11) is 0. The highest BCUT2D eigenvalue weighted by atomic mass is 79.9. The molecule has 0 aliphatic heterocycles. The fraction of sp³-hybridized carbons (Fsp3) is 0.231. The molecule has 0 saturated carbocycles. The third-order valence-electron chi connectivity index (χ3n) is 2.52. The van der Waals surface area contributed by atoms with E-state index in [1.54, 1.807) is 12.3 Å². The van der Waals surface area contributed by atoms with Crippen molar-refractivity contribution in [1.29, 1.82) is 0 Å². The van der Waals surface area contributed by atoms with Gasteiger partial charge in [-0.15, -0.1) is 0 Å². The second-order valence-electron chi connectivity index (χ2n) is 4.00. The Kier molecular flexibility index (Phi) is 4.15. The van der Waals surface area contributed by atoms with E-state index in [0.717, 1.165) is 15.7 Å². The molecule has 0 atom stereocenters. The van der Waals surface area contributed by atoms with Crippen LogP contribution in [0.5, 0.6) is 0 Å². The van der Waals surface area contributed by atoms with Crippen molar-refractivity contribution in [3.63, 3.8) is 0 Å². The molecule has 1 N–H and O–H groups in total. The maximum absolute atomic E-state index is 11.6. The number of halogens is 1. The molecule has 1 aromatic carbocycles. The van der Waals surface area contributed by atoms with E-state index in [-0.39, 0.29) is 5.56 Å². The highest BCUT2D eigenvalue weighted by Crippen LogP contribution is 2.20. The van der Waals surface area contributed by atoms with Gasteiger partial charge < -0.3 is 5.32 Å². The maximum atomic E-state index is 11.6. The zero-order chi connectivity index (χ0) is 13.0. The number of aromatic nitrogens is 2. The standard InChI is InChI=1S/C13H14BrN3O/c1-10-8-13(18)17(16-9-10)7-6-15-12-5-3-2-4-11(12)14/h2-5,8-9,15H,6-7H2,1H3. The number of nitrogens with zero attached hydrogens (tertiary/aromatic N) is 2. The lowest BCUT2D eigenvalue weighted by molar-refractivity contribution is 0.595. The number of hydrogen-bond acceptors (Lipinski definition) is 3. The Morgan fingerprint density at radius 1 is 1.39 bits per heavy atom. The number of aryl methyl sites for hydroxylation is 1. The maximum Gasteiger partial charge on any atom is 0.267 e. The van der Waals surface area contributed by atoms with Crippen LogP contribution < -0.4 is 10.9 Å². The predicted molar refractivity (Wildman–Crippen MR) is 75.9 cm³/mol. The number of benzene rings is 1. The van der Waals surface area contributed by atoms with Gasteiger partial charge in [0.05, 0.1) is 12.7 Å². The summed E-state index contributed by atoms with van der Waals surface area (Å²) in [5.41, 5.74) is 1.83. The Morgan fingerprint density at radius 3 is 2.89 bits per heavy atom. The number of hydrogen-bond donors (Lipinski definition) is 1. The molecule has 0 aliphatic carbocycles. The summed E-state index contributed by atoms with van der Waals surface area (Å²) in [5.74, 6) is 0. The van der Waals surface area contributed by atoms with E-state index in [1.807, 2.05) is 31.2 Å². The largest absolute Gasteiger partial charge is 0.382 e. The van der Waals surface area contributed by atoms with Gasteiger partial charge in [-0.05, 0) is 40.5 Å². The zero-order valence-electron chi connectivity index (χ0n) is 10.1. The molecule has 1 aromatic heterocycles. The SMILES string of the molecule is Cc1cnn(CCNc2ccccc2Br)c(=O)c1. The van der Waals surface area contributed by atoms with E-state index in [4.69, 9.17) is 0 Å². The van der Waals surface area contributed by atoms with Gasteiger partial charge >= 0.3 is 0 Å². The Bertz CT molecular complexity index is 595. The summed E-state index contributed by atoms with van der Waals surface area (Å²) in [6.07, 6.45) is 1.69. The van der Waals surface area contributed by atoms with Crippen molar-refractivity contribution in [3.8, 4) is 0 Å². The lowest BCUT2D eigenvalue weighted by atomic mass is 10.3. The normalized spacial score (nSPS) is 10.3. The van der Waals surface area contributed by atoms with Gasteiger partial charge in [0.25, 0.3) is 5.56 Å². The molecule has 0 bridgehead atoms. The van der Waals surface area contributed by atoms with Crippen molar-refractivity contribution >= 4 is 21.6 Å². The molecule has 94 valence electrons. The number of anilines is 1. The lowest BCUT2D eigenvalue weighted by Gasteiger charge is -2.09. The summed E-state index contributed by atoms with van der Waals surface area (Å²) >= 11 is 3.46. The van der Waals surface area contributed by atoms with E-state index in [1.165, 1.54) is 4.68 Å². The van der Waals surface area contributed by atoms with E-state index in [0.29, 0.717) is 13.1 Å². The molecular formula is C13H14BrN3O. The van der Waals surface area contributed by atoms with E-state index >= 15 is 0 Å². The summed E-state index contributed by atoms with van der Waals surface area (Å²) in [6.45, 7) is 3.05. The van der Waals surface area contributed by atoms with Crippen LogP contribution in [0.2, 0.25) is 0 Å². The molecule has 5 heteroatoms. The minimum absolute atomic E-state index is 0.0658. The second kappa shape index (κ2) is 5.82. The minimum Gasteiger partial charge on any atom is -0.382 e. The average molecular weight is 308 g/mol. The summed E-state index contributed by atoms with van der Waals surface area (Å²) in [4.78, 5) is 11.6. The highest BCUT2D eigenvalue weighted by Gasteiger charge is 1.99. The molecule has 0 radical (unpaired) electrons. The van der Waals surface area contributed by atoms with Gasteiger partial charge in [0.2, 0.25) is 0 Å². The fourth-order valence-corrected chi connectivity index (χ4v) is 2.02. The van der Waals surface area contributed by atoms with Crippen molar-refractivity contribution in [2.24, 2.45) is 0 Å². The lowest BCUT2D eigenvalue weighted by Crippen LogP contribution is -2.25. The van der Waals surface area contributed by atoms with Crippen molar-refractivity contribution in [3.05, 3.63) is 56.9 Å². The van der Waals surface area contributed by atoms with Crippen LogP contribution in [0.15, 0.2) is 45.8 Å². The molecule has 0 unspecified atom stereocenters. The van der Waals surface area contributed by atoms with E-state index in [9.17, 15) is 4.79 Å². The Morgan fingerprint density at radius 2 is 2.17 bits per heavy atom. The first-order valence-electron chi connectivity index (χ1n) is 5.69. The third kappa shape index (κ3) is 3.20. The Labute approximate surface area is 114 Å². The topological polar surface area (TPSA) is 46.9 Å². The monoisotopic (exact) mass is 307 g/mol. The first-order chi connectivity index (χ1) is 8.66. The van der Waals surface area contributed by atoms with Gasteiger partial charge in [-0.25, -0.2) is 4.68 Å². The molecule has 2 rings (SSSR count). The Hall–Kier alpha value is -1.62. The first kappa shape index (κ1) is 12.8. The number of nitrogens with one attached hydrogen (secondary N) is 1. The van der Waals surface area contributed by atoms with Crippen LogP contribution in [0.25, 0.3) is 0 Å². The van der Waals surface area contributed by atoms with Crippen molar-refractivity contribution in [2.75, 3.05) is 11.9 Å². The molecule has 0 saturated heterocycles. The summed E-state index contributed by atoms with van der Waals surface area (Å²) in [5, 5.41) is 7.34. The van der Waals surface area contributed by atoms with Crippen LogP contribution in [0.4, 0.5) is 5.69 Å². The van der Waals surface area contributed by atoms with Crippen molar-refractivity contribution < 1.29 is 0 Å². The van der Waals surface area contributed by atoms with Gasteiger partial charge in [0, 0.05) is 22.8 Å². The van der Waals surface area contributed by atoms with Crippen molar-refractivity contribution in [2.45, 2.75) is 13.5 Å². The van der Waals surface area contributed by atoms with Gasteiger partial charge in [-0.3, -0.25) is 4.79 Å². The minimum atomic E-state index is -0.0658.